The second kappa shape index (κ2) is 3.38. The topological polar surface area (TPSA) is 42.2 Å². The number of aromatic nitrogens is 1. The molecule has 3 nitrogen and oxygen atoms in total. The van der Waals surface area contributed by atoms with Gasteiger partial charge in [0.2, 0.25) is 0 Å². The average molecular weight is 205 g/mol. The fraction of sp³-hybridized carbons (Fsp3) is 0.182. The maximum Gasteiger partial charge on any atom is 0.136 e. The van der Waals surface area contributed by atoms with E-state index < -0.39 is 0 Å². The Balaban J connectivity index is 2.85. The molecular formula is C11H12FN3. The predicted molar refractivity (Wildman–Crippen MR) is 60.4 cm³/mol. The smallest absolute Gasteiger partial charge is 0.136 e. The number of fused-ring (bicyclic) bond motifs is 1. The van der Waals surface area contributed by atoms with Gasteiger partial charge in [-0.1, -0.05) is 0 Å². The van der Waals surface area contributed by atoms with Crippen molar-refractivity contribution in [2.45, 2.75) is 0 Å². The van der Waals surface area contributed by atoms with Gasteiger partial charge in [0, 0.05) is 36.8 Å². The van der Waals surface area contributed by atoms with Crippen LogP contribution in [0.15, 0.2) is 24.4 Å². The Kier molecular flexibility index (Phi) is 2.19. The highest BCUT2D eigenvalue weighted by atomic mass is 19.1. The van der Waals surface area contributed by atoms with Gasteiger partial charge in [0.05, 0.1) is 0 Å². The van der Waals surface area contributed by atoms with Crippen LogP contribution in [-0.2, 0) is 0 Å². The third-order valence-corrected chi connectivity index (χ3v) is 2.28. The van der Waals surface area contributed by atoms with Crippen molar-refractivity contribution in [3.63, 3.8) is 0 Å². The average Bonchev–Trinajstić information content (AvgIpc) is 2.16. The third kappa shape index (κ3) is 1.58. The van der Waals surface area contributed by atoms with E-state index in [2.05, 4.69) is 4.98 Å². The molecule has 0 fully saturated rings. The molecule has 0 aliphatic rings. The van der Waals surface area contributed by atoms with Crippen LogP contribution in [0.3, 0.4) is 0 Å². The lowest BCUT2D eigenvalue weighted by Crippen LogP contribution is -2.11. The molecule has 0 radical (unpaired) electrons. The van der Waals surface area contributed by atoms with E-state index in [9.17, 15) is 4.39 Å². The molecule has 0 bridgehead atoms. The van der Waals surface area contributed by atoms with E-state index >= 15 is 0 Å². The number of benzene rings is 1. The van der Waals surface area contributed by atoms with E-state index in [0.717, 1.165) is 16.6 Å². The first-order chi connectivity index (χ1) is 7.09. The molecule has 78 valence electrons. The number of rotatable bonds is 1. The third-order valence-electron chi connectivity index (χ3n) is 2.28. The summed E-state index contributed by atoms with van der Waals surface area (Å²) in [5, 5.41) is 1.56. The Morgan fingerprint density at radius 1 is 1.27 bits per heavy atom. The Hall–Kier alpha value is -1.84. The second-order valence-electron chi connectivity index (χ2n) is 3.62. The van der Waals surface area contributed by atoms with Crippen molar-refractivity contribution in [1.82, 2.24) is 4.98 Å². The van der Waals surface area contributed by atoms with Crippen LogP contribution in [0.2, 0.25) is 0 Å². The molecule has 0 atom stereocenters. The quantitative estimate of drug-likeness (QED) is 0.724. The Labute approximate surface area is 87.3 Å². The van der Waals surface area contributed by atoms with Crippen LogP contribution in [-0.4, -0.2) is 19.1 Å². The molecule has 0 unspecified atom stereocenters. The van der Waals surface area contributed by atoms with Crippen LogP contribution in [0.1, 0.15) is 0 Å². The first kappa shape index (κ1) is 9.71. The summed E-state index contributed by atoms with van der Waals surface area (Å²) in [5.74, 6) is 0.384. The standard InChI is InChI=1S/C11H12FN3/c1-15(2)11-9-5-7(12)6-10(13)8(9)3-4-14-11/h3-6H,13H2,1-2H3. The van der Waals surface area contributed by atoms with Gasteiger partial charge in [0.1, 0.15) is 11.6 Å². The minimum absolute atomic E-state index is 0.337. The molecule has 1 aromatic heterocycles. The second-order valence-corrected chi connectivity index (χ2v) is 3.62. The predicted octanol–water partition coefficient (Wildman–Crippen LogP) is 2.02. The van der Waals surface area contributed by atoms with Crippen molar-refractivity contribution in [3.05, 3.63) is 30.2 Å². The van der Waals surface area contributed by atoms with E-state index in [4.69, 9.17) is 5.73 Å². The molecule has 1 heterocycles. The van der Waals surface area contributed by atoms with Crippen molar-refractivity contribution < 1.29 is 4.39 Å². The Bertz CT molecular complexity index is 508. The zero-order valence-corrected chi connectivity index (χ0v) is 8.66. The van der Waals surface area contributed by atoms with Crippen molar-refractivity contribution in [1.29, 1.82) is 0 Å². The molecule has 4 heteroatoms. The van der Waals surface area contributed by atoms with Gasteiger partial charge in [0.15, 0.2) is 0 Å². The number of anilines is 2. The molecule has 2 N–H and O–H groups in total. The number of halogens is 1. The summed E-state index contributed by atoms with van der Waals surface area (Å²) in [4.78, 5) is 6.03. The molecule has 0 aliphatic carbocycles. The molecule has 0 amide bonds. The summed E-state index contributed by atoms with van der Waals surface area (Å²) in [5.41, 5.74) is 6.18. The summed E-state index contributed by atoms with van der Waals surface area (Å²) in [6.07, 6.45) is 1.67. The van der Waals surface area contributed by atoms with Gasteiger partial charge in [-0.3, -0.25) is 0 Å². The Morgan fingerprint density at radius 2 is 2.00 bits per heavy atom. The summed E-state index contributed by atoms with van der Waals surface area (Å²) < 4.78 is 13.2. The highest BCUT2D eigenvalue weighted by molar-refractivity contribution is 5.99. The van der Waals surface area contributed by atoms with Gasteiger partial charge >= 0.3 is 0 Å². The highest BCUT2D eigenvalue weighted by Crippen LogP contribution is 2.28. The van der Waals surface area contributed by atoms with Gasteiger partial charge in [-0.2, -0.15) is 0 Å². The van der Waals surface area contributed by atoms with Gasteiger partial charge in [-0.15, -0.1) is 0 Å². The summed E-state index contributed by atoms with van der Waals surface area (Å²) >= 11 is 0. The van der Waals surface area contributed by atoms with Gasteiger partial charge in [-0.05, 0) is 18.2 Å². The molecule has 0 aliphatic heterocycles. The van der Waals surface area contributed by atoms with Crippen molar-refractivity contribution in [3.8, 4) is 0 Å². The van der Waals surface area contributed by atoms with Crippen molar-refractivity contribution in [2.24, 2.45) is 0 Å². The van der Waals surface area contributed by atoms with Crippen LogP contribution in [0, 0.1) is 5.82 Å². The van der Waals surface area contributed by atoms with Gasteiger partial charge in [0.25, 0.3) is 0 Å². The van der Waals surface area contributed by atoms with E-state index in [1.54, 1.807) is 12.3 Å². The van der Waals surface area contributed by atoms with E-state index in [1.165, 1.54) is 12.1 Å². The summed E-state index contributed by atoms with van der Waals surface area (Å²) in [7, 11) is 3.73. The van der Waals surface area contributed by atoms with E-state index in [-0.39, 0.29) is 5.82 Å². The van der Waals surface area contributed by atoms with Crippen molar-refractivity contribution >= 4 is 22.3 Å². The first-order valence-corrected chi connectivity index (χ1v) is 4.60. The molecule has 0 saturated carbocycles. The Morgan fingerprint density at radius 3 is 2.67 bits per heavy atom. The number of nitrogen functional groups attached to an aromatic ring is 1. The number of hydrogen-bond donors (Lipinski definition) is 1. The zero-order valence-electron chi connectivity index (χ0n) is 8.66. The monoisotopic (exact) mass is 205 g/mol. The van der Waals surface area contributed by atoms with Crippen LogP contribution in [0.5, 0.6) is 0 Å². The SMILES string of the molecule is CN(C)c1nccc2c(N)cc(F)cc12. The van der Waals surface area contributed by atoms with E-state index in [1.807, 2.05) is 19.0 Å². The molecule has 1 aromatic carbocycles. The highest BCUT2D eigenvalue weighted by Gasteiger charge is 2.08. The summed E-state index contributed by atoms with van der Waals surface area (Å²) in [6.45, 7) is 0. The number of pyridine rings is 1. The van der Waals surface area contributed by atoms with Crippen LogP contribution >= 0.6 is 0 Å². The maximum atomic E-state index is 13.2. The van der Waals surface area contributed by atoms with Gasteiger partial charge in [-0.25, -0.2) is 9.37 Å². The molecular weight excluding hydrogens is 193 g/mol. The molecule has 2 aromatic rings. The van der Waals surface area contributed by atoms with Crippen LogP contribution < -0.4 is 10.6 Å². The zero-order chi connectivity index (χ0) is 11.0. The number of hydrogen-bond acceptors (Lipinski definition) is 3. The maximum absolute atomic E-state index is 13.2. The number of nitrogens with zero attached hydrogens (tertiary/aromatic N) is 2. The largest absolute Gasteiger partial charge is 0.398 e. The fourth-order valence-electron chi connectivity index (χ4n) is 1.62. The van der Waals surface area contributed by atoms with Gasteiger partial charge < -0.3 is 10.6 Å². The van der Waals surface area contributed by atoms with E-state index in [0.29, 0.717) is 5.69 Å². The molecule has 15 heavy (non-hydrogen) atoms. The summed E-state index contributed by atoms with van der Waals surface area (Å²) in [6, 6.07) is 4.56. The minimum Gasteiger partial charge on any atom is -0.398 e. The molecule has 2 rings (SSSR count). The normalized spacial score (nSPS) is 10.6. The lowest BCUT2D eigenvalue weighted by Gasteiger charge is -2.14. The lowest BCUT2D eigenvalue weighted by molar-refractivity contribution is 0.630. The molecule has 0 saturated heterocycles. The lowest BCUT2D eigenvalue weighted by atomic mass is 10.1. The van der Waals surface area contributed by atoms with Crippen molar-refractivity contribution in [2.75, 3.05) is 24.7 Å². The number of nitrogens with two attached hydrogens (primary N) is 1. The first-order valence-electron chi connectivity index (χ1n) is 4.60. The fourth-order valence-corrected chi connectivity index (χ4v) is 1.62. The minimum atomic E-state index is -0.337. The molecule has 0 spiro atoms. The van der Waals surface area contributed by atoms with Crippen LogP contribution in [0.25, 0.3) is 10.8 Å². The van der Waals surface area contributed by atoms with Crippen LogP contribution in [0.4, 0.5) is 15.9 Å².